The Bertz CT molecular complexity index is 281. The first-order valence-corrected chi connectivity index (χ1v) is 5.21. The second-order valence-corrected chi connectivity index (χ2v) is 4.35. The molecule has 1 aromatic rings. The number of methoxy groups -OCH3 is 1. The minimum Gasteiger partial charge on any atom is -0.380 e. The summed E-state index contributed by atoms with van der Waals surface area (Å²) in [6.45, 7) is 5.09. The van der Waals surface area contributed by atoms with Gasteiger partial charge in [-0.3, -0.25) is 0 Å². The SMILES string of the molecule is COCc1ccc(Br)cc1C(C)C. The molecule has 0 heterocycles. The normalized spacial score (nSPS) is 10.8. The number of halogens is 1. The van der Waals surface area contributed by atoms with Crippen LogP contribution in [0.15, 0.2) is 22.7 Å². The van der Waals surface area contributed by atoms with E-state index in [9.17, 15) is 0 Å². The molecule has 0 saturated heterocycles. The van der Waals surface area contributed by atoms with Gasteiger partial charge in [0.2, 0.25) is 0 Å². The van der Waals surface area contributed by atoms with Crippen LogP contribution in [0.5, 0.6) is 0 Å². The lowest BCUT2D eigenvalue weighted by molar-refractivity contribution is 0.184. The van der Waals surface area contributed by atoms with Crippen LogP contribution in [-0.2, 0) is 11.3 Å². The van der Waals surface area contributed by atoms with Crippen LogP contribution in [0.4, 0.5) is 0 Å². The minimum absolute atomic E-state index is 0.544. The van der Waals surface area contributed by atoms with E-state index in [0.717, 1.165) is 4.47 Å². The molecule has 2 heteroatoms. The molecule has 0 saturated carbocycles. The average Bonchev–Trinajstić information content (AvgIpc) is 2.08. The van der Waals surface area contributed by atoms with Crippen molar-refractivity contribution in [1.82, 2.24) is 0 Å². The van der Waals surface area contributed by atoms with Crippen molar-refractivity contribution in [3.05, 3.63) is 33.8 Å². The highest BCUT2D eigenvalue weighted by molar-refractivity contribution is 9.10. The van der Waals surface area contributed by atoms with Gasteiger partial charge in [0.15, 0.2) is 0 Å². The quantitative estimate of drug-likeness (QED) is 0.786. The lowest BCUT2D eigenvalue weighted by Gasteiger charge is -2.12. The third-order valence-corrected chi connectivity index (χ3v) is 2.52. The van der Waals surface area contributed by atoms with E-state index >= 15 is 0 Å². The molecule has 0 aliphatic rings. The van der Waals surface area contributed by atoms with Gasteiger partial charge in [-0.2, -0.15) is 0 Å². The summed E-state index contributed by atoms with van der Waals surface area (Å²) in [5.41, 5.74) is 2.64. The first-order valence-electron chi connectivity index (χ1n) is 4.42. The summed E-state index contributed by atoms with van der Waals surface area (Å²) in [5.74, 6) is 0.544. The molecule has 13 heavy (non-hydrogen) atoms. The van der Waals surface area contributed by atoms with E-state index in [-0.39, 0.29) is 0 Å². The molecule has 0 N–H and O–H groups in total. The molecule has 0 fully saturated rings. The van der Waals surface area contributed by atoms with Crippen molar-refractivity contribution in [2.24, 2.45) is 0 Å². The number of ether oxygens (including phenoxy) is 1. The van der Waals surface area contributed by atoms with Crippen molar-refractivity contribution < 1.29 is 4.74 Å². The Morgan fingerprint density at radius 1 is 1.38 bits per heavy atom. The van der Waals surface area contributed by atoms with Crippen molar-refractivity contribution >= 4 is 15.9 Å². The summed E-state index contributed by atoms with van der Waals surface area (Å²) in [6, 6.07) is 6.34. The maximum atomic E-state index is 5.14. The zero-order chi connectivity index (χ0) is 9.84. The zero-order valence-corrected chi connectivity index (χ0v) is 9.89. The van der Waals surface area contributed by atoms with Crippen molar-refractivity contribution in [1.29, 1.82) is 0 Å². The summed E-state index contributed by atoms with van der Waals surface area (Å²) in [4.78, 5) is 0. The second-order valence-electron chi connectivity index (χ2n) is 3.43. The molecule has 0 unspecified atom stereocenters. The first-order chi connectivity index (χ1) is 6.15. The summed E-state index contributed by atoms with van der Waals surface area (Å²) in [6.07, 6.45) is 0. The molecular formula is C11H15BrO. The van der Waals surface area contributed by atoms with Crippen molar-refractivity contribution in [2.45, 2.75) is 26.4 Å². The molecule has 0 amide bonds. The molecule has 1 aromatic carbocycles. The highest BCUT2D eigenvalue weighted by Crippen LogP contribution is 2.24. The van der Waals surface area contributed by atoms with Crippen LogP contribution >= 0.6 is 15.9 Å². The molecule has 0 aliphatic carbocycles. The van der Waals surface area contributed by atoms with Gasteiger partial charge in [-0.15, -0.1) is 0 Å². The number of rotatable bonds is 3. The van der Waals surface area contributed by atoms with Gasteiger partial charge in [0, 0.05) is 11.6 Å². The van der Waals surface area contributed by atoms with Crippen molar-refractivity contribution in [2.75, 3.05) is 7.11 Å². The smallest absolute Gasteiger partial charge is 0.0715 e. The van der Waals surface area contributed by atoms with E-state index in [4.69, 9.17) is 4.74 Å². The van der Waals surface area contributed by atoms with Crippen LogP contribution in [0, 0.1) is 0 Å². The topological polar surface area (TPSA) is 9.23 Å². The predicted octanol–water partition coefficient (Wildman–Crippen LogP) is 3.72. The Morgan fingerprint density at radius 3 is 2.62 bits per heavy atom. The summed E-state index contributed by atoms with van der Waals surface area (Å²) in [7, 11) is 1.73. The maximum absolute atomic E-state index is 5.14. The number of hydrogen-bond acceptors (Lipinski definition) is 1. The fraction of sp³-hybridized carbons (Fsp3) is 0.455. The van der Waals surface area contributed by atoms with E-state index in [2.05, 4.69) is 48.0 Å². The zero-order valence-electron chi connectivity index (χ0n) is 8.30. The molecule has 72 valence electrons. The molecule has 0 spiro atoms. The maximum Gasteiger partial charge on any atom is 0.0715 e. The molecule has 0 radical (unpaired) electrons. The summed E-state index contributed by atoms with van der Waals surface area (Å²) in [5, 5.41) is 0. The van der Waals surface area contributed by atoms with Crippen LogP contribution in [0.3, 0.4) is 0 Å². The van der Waals surface area contributed by atoms with Gasteiger partial charge in [-0.25, -0.2) is 0 Å². The number of benzene rings is 1. The number of hydrogen-bond donors (Lipinski definition) is 0. The van der Waals surface area contributed by atoms with Gasteiger partial charge >= 0.3 is 0 Å². The van der Waals surface area contributed by atoms with Crippen LogP contribution in [0.25, 0.3) is 0 Å². The highest BCUT2D eigenvalue weighted by Gasteiger charge is 2.06. The molecule has 1 rings (SSSR count). The molecular weight excluding hydrogens is 228 g/mol. The van der Waals surface area contributed by atoms with E-state index in [0.29, 0.717) is 12.5 Å². The van der Waals surface area contributed by atoms with Crippen LogP contribution in [-0.4, -0.2) is 7.11 Å². The van der Waals surface area contributed by atoms with Crippen molar-refractivity contribution in [3.8, 4) is 0 Å². The van der Waals surface area contributed by atoms with Gasteiger partial charge in [0.05, 0.1) is 6.61 Å². The van der Waals surface area contributed by atoms with Crippen LogP contribution < -0.4 is 0 Å². The first kappa shape index (κ1) is 10.7. The average molecular weight is 243 g/mol. The van der Waals surface area contributed by atoms with Gasteiger partial charge in [0.25, 0.3) is 0 Å². The summed E-state index contributed by atoms with van der Waals surface area (Å²) < 4.78 is 6.28. The van der Waals surface area contributed by atoms with E-state index in [1.54, 1.807) is 7.11 Å². The van der Waals surface area contributed by atoms with E-state index < -0.39 is 0 Å². The second kappa shape index (κ2) is 4.77. The lowest BCUT2D eigenvalue weighted by Crippen LogP contribution is -1.97. The Balaban J connectivity index is 3.03. The molecule has 0 aliphatic heterocycles. The van der Waals surface area contributed by atoms with Crippen LogP contribution in [0.2, 0.25) is 0 Å². The van der Waals surface area contributed by atoms with Gasteiger partial charge < -0.3 is 4.74 Å². The Labute approximate surface area is 88.2 Å². The Kier molecular flexibility index (Phi) is 3.94. The standard InChI is InChI=1S/C11H15BrO/c1-8(2)11-6-10(12)5-4-9(11)7-13-3/h4-6,8H,7H2,1-3H3. The largest absolute Gasteiger partial charge is 0.380 e. The molecule has 0 bridgehead atoms. The third kappa shape index (κ3) is 2.82. The van der Waals surface area contributed by atoms with Crippen LogP contribution in [0.1, 0.15) is 30.9 Å². The predicted molar refractivity (Wildman–Crippen MR) is 58.9 cm³/mol. The van der Waals surface area contributed by atoms with Crippen molar-refractivity contribution in [3.63, 3.8) is 0 Å². The fourth-order valence-corrected chi connectivity index (χ4v) is 1.77. The van der Waals surface area contributed by atoms with Gasteiger partial charge in [-0.1, -0.05) is 35.8 Å². The molecule has 0 aromatic heterocycles. The fourth-order valence-electron chi connectivity index (χ4n) is 1.39. The van der Waals surface area contributed by atoms with E-state index in [1.807, 2.05) is 0 Å². The Morgan fingerprint density at radius 2 is 2.08 bits per heavy atom. The third-order valence-electron chi connectivity index (χ3n) is 2.03. The summed E-state index contributed by atoms with van der Waals surface area (Å²) >= 11 is 3.47. The lowest BCUT2D eigenvalue weighted by atomic mass is 9.98. The monoisotopic (exact) mass is 242 g/mol. The molecule has 0 atom stereocenters. The molecule has 1 nitrogen and oxygen atoms in total. The van der Waals surface area contributed by atoms with Gasteiger partial charge in [-0.05, 0) is 29.2 Å². The van der Waals surface area contributed by atoms with Gasteiger partial charge in [0.1, 0.15) is 0 Å². The highest BCUT2D eigenvalue weighted by atomic mass is 79.9. The minimum atomic E-state index is 0.544. The Hall–Kier alpha value is -0.340. The van der Waals surface area contributed by atoms with E-state index in [1.165, 1.54) is 11.1 Å².